The summed E-state index contributed by atoms with van der Waals surface area (Å²) in [5, 5.41) is 0.752. The van der Waals surface area contributed by atoms with Crippen LogP contribution in [0.3, 0.4) is 0 Å². The van der Waals surface area contributed by atoms with Crippen LogP contribution in [-0.4, -0.2) is 10.5 Å². The van der Waals surface area contributed by atoms with Crippen LogP contribution in [0, 0.1) is 5.82 Å². The Morgan fingerprint density at radius 2 is 1.77 bits per heavy atom. The van der Waals surface area contributed by atoms with Gasteiger partial charge in [-0.1, -0.05) is 54.1 Å². The van der Waals surface area contributed by atoms with Gasteiger partial charge in [-0.05, 0) is 59.7 Å². The summed E-state index contributed by atoms with van der Waals surface area (Å²) in [4.78, 5) is 29.4. The van der Waals surface area contributed by atoms with E-state index in [4.69, 9.17) is 30.5 Å². The summed E-state index contributed by atoms with van der Waals surface area (Å²) in [5.74, 6) is -0.761. The molecule has 4 aromatic carbocycles. The Balaban J connectivity index is 1.59. The number of carbonyl (C=O) groups excluding carboxylic acids is 1. The molecule has 0 spiro atoms. The predicted molar refractivity (Wildman–Crippen MR) is 145 cm³/mol. The van der Waals surface area contributed by atoms with E-state index < -0.39 is 11.7 Å². The van der Waals surface area contributed by atoms with Crippen molar-refractivity contribution in [3.63, 3.8) is 0 Å². The minimum Gasteiger partial charge on any atom is -0.487 e. The molecule has 5 aromatic rings. The number of hydrogen-bond donors (Lipinski definition) is 0. The molecule has 196 valence electrons. The van der Waals surface area contributed by atoms with E-state index in [2.05, 4.69) is 0 Å². The van der Waals surface area contributed by atoms with Gasteiger partial charge in [-0.15, -0.1) is 0 Å². The molecule has 7 nitrogen and oxygen atoms in total. The molecule has 0 atom stereocenters. The van der Waals surface area contributed by atoms with E-state index in [1.807, 2.05) is 30.3 Å². The van der Waals surface area contributed by atoms with Crippen LogP contribution in [0.15, 0.2) is 105 Å². The zero-order valence-corrected chi connectivity index (χ0v) is 21.5. The van der Waals surface area contributed by atoms with Gasteiger partial charge in [-0.3, -0.25) is 9.36 Å². The number of hydrogen-bond acceptors (Lipinski definition) is 6. The van der Waals surface area contributed by atoms with E-state index in [9.17, 15) is 14.0 Å². The van der Waals surface area contributed by atoms with Crippen LogP contribution in [0.25, 0.3) is 11.0 Å². The standard InChI is InChI=1S/C30H22ClFN2O5/c1-19(35)38-24-11-13-27-25(16-24)29(34(30(36)39-27)17-20-6-3-2-4-7-20)33-23-10-12-28(26(31)15-23)37-18-21-8-5-9-22(32)14-21/h2-16H,17-18H2,1H3. The summed E-state index contributed by atoms with van der Waals surface area (Å²) in [6, 6.07) is 25.1. The normalized spacial score (nSPS) is 11.5. The van der Waals surface area contributed by atoms with E-state index >= 15 is 0 Å². The summed E-state index contributed by atoms with van der Waals surface area (Å²) >= 11 is 6.49. The highest BCUT2D eigenvalue weighted by atomic mass is 35.5. The van der Waals surface area contributed by atoms with Gasteiger partial charge in [-0.2, -0.15) is 0 Å². The number of halogens is 2. The highest BCUT2D eigenvalue weighted by molar-refractivity contribution is 6.32. The minimum absolute atomic E-state index is 0.133. The highest BCUT2D eigenvalue weighted by Gasteiger charge is 2.12. The molecule has 0 radical (unpaired) electrons. The Labute approximate surface area is 227 Å². The number of aromatic nitrogens is 1. The highest BCUT2D eigenvalue weighted by Crippen LogP contribution is 2.30. The first-order valence-corrected chi connectivity index (χ1v) is 12.3. The monoisotopic (exact) mass is 544 g/mol. The Hall–Kier alpha value is -4.69. The quantitative estimate of drug-likeness (QED) is 0.181. The largest absolute Gasteiger partial charge is 0.487 e. The second-order valence-electron chi connectivity index (χ2n) is 8.66. The van der Waals surface area contributed by atoms with Gasteiger partial charge in [0.05, 0.1) is 22.6 Å². The van der Waals surface area contributed by atoms with Crippen molar-refractivity contribution in [2.75, 3.05) is 0 Å². The fourth-order valence-electron chi connectivity index (χ4n) is 4.00. The van der Waals surface area contributed by atoms with Crippen LogP contribution >= 0.6 is 11.6 Å². The van der Waals surface area contributed by atoms with Gasteiger partial charge in [-0.25, -0.2) is 14.2 Å². The van der Waals surface area contributed by atoms with Gasteiger partial charge in [0.1, 0.15) is 35.0 Å². The van der Waals surface area contributed by atoms with Crippen LogP contribution in [0.1, 0.15) is 18.1 Å². The summed E-state index contributed by atoms with van der Waals surface area (Å²) in [6.07, 6.45) is 0. The Bertz CT molecular complexity index is 1800. The van der Waals surface area contributed by atoms with Gasteiger partial charge in [0.25, 0.3) is 0 Å². The summed E-state index contributed by atoms with van der Waals surface area (Å²) in [5.41, 5.74) is 2.54. The third kappa shape index (κ3) is 6.25. The summed E-state index contributed by atoms with van der Waals surface area (Å²) < 4.78 is 31.5. The molecule has 5 rings (SSSR count). The zero-order valence-electron chi connectivity index (χ0n) is 20.8. The van der Waals surface area contributed by atoms with Crippen molar-refractivity contribution >= 4 is 34.2 Å². The molecule has 0 bridgehead atoms. The Morgan fingerprint density at radius 1 is 0.974 bits per heavy atom. The van der Waals surface area contributed by atoms with Crippen molar-refractivity contribution in [1.82, 2.24) is 4.57 Å². The molecule has 0 aliphatic rings. The lowest BCUT2D eigenvalue weighted by molar-refractivity contribution is -0.131. The van der Waals surface area contributed by atoms with Crippen molar-refractivity contribution in [3.05, 3.63) is 129 Å². The number of rotatable bonds is 7. The average molecular weight is 545 g/mol. The predicted octanol–water partition coefficient (Wildman–Crippen LogP) is 6.17. The number of esters is 1. The van der Waals surface area contributed by atoms with Crippen molar-refractivity contribution in [2.45, 2.75) is 20.1 Å². The van der Waals surface area contributed by atoms with Crippen molar-refractivity contribution in [3.8, 4) is 11.5 Å². The number of benzene rings is 4. The Kier molecular flexibility index (Phi) is 7.56. The summed E-state index contributed by atoms with van der Waals surface area (Å²) in [7, 11) is 0. The first-order chi connectivity index (χ1) is 18.9. The van der Waals surface area contributed by atoms with Crippen molar-refractivity contribution < 1.29 is 23.1 Å². The van der Waals surface area contributed by atoms with E-state index in [-0.39, 0.29) is 35.3 Å². The third-order valence-electron chi connectivity index (χ3n) is 5.74. The molecule has 9 heteroatoms. The molecule has 39 heavy (non-hydrogen) atoms. The number of ether oxygens (including phenoxy) is 2. The lowest BCUT2D eigenvalue weighted by Gasteiger charge is -2.11. The van der Waals surface area contributed by atoms with Crippen LogP contribution in [0.4, 0.5) is 10.1 Å². The SMILES string of the molecule is CC(=O)Oc1ccc2oc(=O)n(Cc3ccccc3)c(=Nc3ccc(OCc4cccc(F)c4)c(Cl)c3)c2c1. The van der Waals surface area contributed by atoms with Gasteiger partial charge in [0, 0.05) is 6.92 Å². The maximum Gasteiger partial charge on any atom is 0.421 e. The van der Waals surface area contributed by atoms with Gasteiger partial charge < -0.3 is 13.9 Å². The van der Waals surface area contributed by atoms with Crippen LogP contribution in [0.5, 0.6) is 11.5 Å². The number of nitrogens with zero attached hydrogens (tertiary/aromatic N) is 2. The Morgan fingerprint density at radius 3 is 2.51 bits per heavy atom. The van der Waals surface area contributed by atoms with Gasteiger partial charge >= 0.3 is 11.7 Å². The van der Waals surface area contributed by atoms with Gasteiger partial charge in [0.15, 0.2) is 0 Å². The van der Waals surface area contributed by atoms with E-state index in [1.54, 1.807) is 48.5 Å². The molecule has 0 amide bonds. The van der Waals surface area contributed by atoms with Crippen LogP contribution < -0.4 is 20.7 Å². The molecular formula is C30H22ClFN2O5. The maximum absolute atomic E-state index is 13.5. The second kappa shape index (κ2) is 11.4. The second-order valence-corrected chi connectivity index (χ2v) is 9.07. The fourth-order valence-corrected chi connectivity index (χ4v) is 4.23. The zero-order chi connectivity index (χ0) is 27.4. The maximum atomic E-state index is 13.5. The van der Waals surface area contributed by atoms with Crippen molar-refractivity contribution in [1.29, 1.82) is 0 Å². The first-order valence-electron chi connectivity index (χ1n) is 12.0. The average Bonchev–Trinajstić information content (AvgIpc) is 2.91. The molecule has 0 fully saturated rings. The van der Waals surface area contributed by atoms with Crippen LogP contribution in [-0.2, 0) is 17.9 Å². The first kappa shape index (κ1) is 25.9. The molecule has 0 N–H and O–H groups in total. The molecule has 1 heterocycles. The van der Waals surface area contributed by atoms with E-state index in [0.717, 1.165) is 5.56 Å². The van der Waals surface area contributed by atoms with Crippen LogP contribution in [0.2, 0.25) is 5.02 Å². The molecule has 0 saturated carbocycles. The fraction of sp³-hybridized carbons (Fsp3) is 0.100. The molecular weight excluding hydrogens is 523 g/mol. The van der Waals surface area contributed by atoms with Crippen molar-refractivity contribution in [2.24, 2.45) is 4.99 Å². The van der Waals surface area contributed by atoms with Gasteiger partial charge in [0.2, 0.25) is 0 Å². The third-order valence-corrected chi connectivity index (χ3v) is 6.04. The molecule has 0 saturated heterocycles. The number of fused-ring (bicyclic) bond motifs is 1. The van der Waals surface area contributed by atoms with E-state index in [0.29, 0.717) is 27.9 Å². The topological polar surface area (TPSA) is 83.0 Å². The summed E-state index contributed by atoms with van der Waals surface area (Å²) in [6.45, 7) is 1.63. The lowest BCUT2D eigenvalue weighted by Crippen LogP contribution is -2.33. The molecule has 0 aliphatic heterocycles. The minimum atomic E-state index is -0.605. The lowest BCUT2D eigenvalue weighted by atomic mass is 10.2. The van der Waals surface area contributed by atoms with E-state index in [1.165, 1.54) is 23.6 Å². The molecule has 0 unspecified atom stereocenters. The molecule has 0 aliphatic carbocycles. The number of carbonyl (C=O) groups is 1. The molecule has 1 aromatic heterocycles. The smallest absolute Gasteiger partial charge is 0.421 e.